The van der Waals surface area contributed by atoms with Crippen LogP contribution in [0.3, 0.4) is 0 Å². The Morgan fingerprint density at radius 1 is 0.879 bits per heavy atom. The molecule has 4 rings (SSSR count). The van der Waals surface area contributed by atoms with Crippen LogP contribution in [0.1, 0.15) is 46.5 Å². The second-order valence-electron chi connectivity index (χ2n) is 7.44. The van der Waals surface area contributed by atoms with Crippen LogP contribution in [0.4, 0.5) is 11.5 Å². The Kier molecular flexibility index (Phi) is 7.79. The second kappa shape index (κ2) is 10.7. The fourth-order valence-corrected chi connectivity index (χ4v) is 3.63. The second-order valence-corrected chi connectivity index (χ2v) is 7.87. The Balaban J connectivity index is 0.00000306. The molecule has 170 valence electrons. The van der Waals surface area contributed by atoms with Crippen LogP contribution >= 0.6 is 11.6 Å². The molecule has 1 aliphatic rings. The lowest BCUT2D eigenvalue weighted by Gasteiger charge is -2.18. The molecule has 0 saturated carbocycles. The molecule has 1 fully saturated rings. The van der Waals surface area contributed by atoms with Gasteiger partial charge >= 0.3 is 0 Å². The number of hydrogen-bond acceptors (Lipinski definition) is 4. The molecule has 8 heteroatoms. The van der Waals surface area contributed by atoms with Crippen molar-refractivity contribution in [3.63, 3.8) is 0 Å². The van der Waals surface area contributed by atoms with Gasteiger partial charge in [0.15, 0.2) is 0 Å². The summed E-state index contributed by atoms with van der Waals surface area (Å²) in [6.45, 7) is 1.79. The number of carbonyl (C=O) groups is 2. The number of carbonyl (C=O) groups excluding carboxylic acids is 2. The van der Waals surface area contributed by atoms with Gasteiger partial charge in [-0.15, -0.1) is 0 Å². The molecule has 3 aromatic rings. The Morgan fingerprint density at radius 3 is 2.21 bits per heavy atom. The zero-order chi connectivity index (χ0) is 22.5. The first-order valence-corrected chi connectivity index (χ1v) is 10.7. The molecule has 7 nitrogen and oxygen atoms in total. The SMILES string of the molecule is C.N=C(c1ccc(C(=O)Nc2ccccc2C(=O)Nc2ccc(Cl)cn2)cc1)N1CCCC1. The molecule has 1 saturated heterocycles. The fraction of sp³-hybridized carbons (Fsp3) is 0.200. The monoisotopic (exact) mass is 463 g/mol. The zero-order valence-corrected chi connectivity index (χ0v) is 18.0. The summed E-state index contributed by atoms with van der Waals surface area (Å²) >= 11 is 5.83. The first kappa shape index (κ1) is 23.9. The number of pyridine rings is 1. The van der Waals surface area contributed by atoms with Crippen molar-refractivity contribution in [1.29, 1.82) is 5.41 Å². The number of rotatable bonds is 5. The largest absolute Gasteiger partial charge is 0.357 e. The standard InChI is InChI=1S/C24H22ClN5O2.CH4/c25-18-11-12-21(27-15-18)29-24(32)19-5-1-2-6-20(19)28-23(31)17-9-7-16(8-10-17)22(26)30-13-3-4-14-30;/h1-2,5-12,15,26H,3-4,13-14H2,(H,28,31)(H,27,29,32);1H4. The summed E-state index contributed by atoms with van der Waals surface area (Å²) in [5.74, 6) is 0.100. The van der Waals surface area contributed by atoms with E-state index < -0.39 is 5.91 Å². The van der Waals surface area contributed by atoms with Crippen molar-refractivity contribution in [3.8, 4) is 0 Å². The van der Waals surface area contributed by atoms with Gasteiger partial charge in [0.25, 0.3) is 11.8 Å². The van der Waals surface area contributed by atoms with Crippen LogP contribution in [0.15, 0.2) is 66.9 Å². The van der Waals surface area contributed by atoms with Crippen LogP contribution in [0.2, 0.25) is 5.02 Å². The Morgan fingerprint density at radius 2 is 1.55 bits per heavy atom. The van der Waals surface area contributed by atoms with E-state index in [9.17, 15) is 9.59 Å². The van der Waals surface area contributed by atoms with E-state index in [1.165, 1.54) is 6.20 Å². The first-order valence-electron chi connectivity index (χ1n) is 10.3. The number of amides is 2. The molecule has 3 N–H and O–H groups in total. The Hall–Kier alpha value is -3.71. The average molecular weight is 464 g/mol. The molecule has 2 heterocycles. The van der Waals surface area contributed by atoms with Gasteiger partial charge in [-0.3, -0.25) is 15.0 Å². The lowest BCUT2D eigenvalue weighted by Crippen LogP contribution is -2.27. The molecule has 2 amide bonds. The van der Waals surface area contributed by atoms with Crippen molar-refractivity contribution in [2.24, 2.45) is 0 Å². The van der Waals surface area contributed by atoms with Gasteiger partial charge in [-0.25, -0.2) is 4.98 Å². The van der Waals surface area contributed by atoms with E-state index >= 15 is 0 Å². The highest BCUT2D eigenvalue weighted by molar-refractivity contribution is 6.30. The lowest BCUT2D eigenvalue weighted by molar-refractivity contribution is 0.102. The van der Waals surface area contributed by atoms with Crippen LogP contribution in [-0.2, 0) is 0 Å². The molecule has 0 aliphatic carbocycles. The third kappa shape index (κ3) is 5.75. The number of hydrogen-bond donors (Lipinski definition) is 3. The van der Waals surface area contributed by atoms with Crippen molar-refractivity contribution in [2.45, 2.75) is 20.3 Å². The van der Waals surface area contributed by atoms with Gasteiger partial charge in [0.2, 0.25) is 0 Å². The van der Waals surface area contributed by atoms with Gasteiger partial charge in [0.1, 0.15) is 11.7 Å². The third-order valence-corrected chi connectivity index (χ3v) is 5.46. The highest BCUT2D eigenvalue weighted by Gasteiger charge is 2.18. The minimum atomic E-state index is -0.398. The molecule has 33 heavy (non-hydrogen) atoms. The molecule has 1 aromatic heterocycles. The summed E-state index contributed by atoms with van der Waals surface area (Å²) in [4.78, 5) is 31.6. The van der Waals surface area contributed by atoms with E-state index in [-0.39, 0.29) is 13.3 Å². The maximum atomic E-state index is 12.8. The maximum Gasteiger partial charge on any atom is 0.258 e. The van der Waals surface area contributed by atoms with Crippen LogP contribution in [0.25, 0.3) is 0 Å². The lowest BCUT2D eigenvalue weighted by atomic mass is 10.1. The summed E-state index contributed by atoms with van der Waals surface area (Å²) in [5.41, 5.74) is 1.92. The van der Waals surface area contributed by atoms with E-state index in [0.29, 0.717) is 33.5 Å². The number of para-hydroxylation sites is 1. The molecule has 0 bridgehead atoms. The minimum Gasteiger partial charge on any atom is -0.357 e. The van der Waals surface area contributed by atoms with Crippen molar-refractivity contribution < 1.29 is 9.59 Å². The van der Waals surface area contributed by atoms with Crippen LogP contribution in [0.5, 0.6) is 0 Å². The number of benzene rings is 2. The molecule has 2 aromatic carbocycles. The predicted molar refractivity (Wildman–Crippen MR) is 132 cm³/mol. The number of nitrogens with one attached hydrogen (secondary N) is 3. The van der Waals surface area contributed by atoms with Crippen molar-refractivity contribution >= 4 is 40.8 Å². The van der Waals surface area contributed by atoms with E-state index in [4.69, 9.17) is 17.0 Å². The number of likely N-dealkylation sites (tertiary alicyclic amines) is 1. The summed E-state index contributed by atoms with van der Waals surface area (Å²) in [7, 11) is 0. The summed E-state index contributed by atoms with van der Waals surface area (Å²) < 4.78 is 0. The zero-order valence-electron chi connectivity index (χ0n) is 17.3. The highest BCUT2D eigenvalue weighted by atomic mass is 35.5. The van der Waals surface area contributed by atoms with Crippen molar-refractivity contribution in [3.05, 3.63) is 88.6 Å². The van der Waals surface area contributed by atoms with E-state index in [1.54, 1.807) is 60.7 Å². The average Bonchev–Trinajstić information content (AvgIpc) is 3.35. The number of aromatic nitrogens is 1. The molecule has 0 atom stereocenters. The number of anilines is 2. The number of amidine groups is 1. The molecule has 0 radical (unpaired) electrons. The van der Waals surface area contributed by atoms with Gasteiger partial charge in [-0.05, 0) is 49.2 Å². The normalized spacial score (nSPS) is 12.6. The van der Waals surface area contributed by atoms with Gasteiger partial charge in [0, 0.05) is 30.4 Å². The van der Waals surface area contributed by atoms with E-state index in [1.807, 2.05) is 4.90 Å². The smallest absolute Gasteiger partial charge is 0.258 e. The molecule has 1 aliphatic heterocycles. The first-order chi connectivity index (χ1) is 15.5. The maximum absolute atomic E-state index is 12.8. The van der Waals surface area contributed by atoms with Crippen LogP contribution < -0.4 is 10.6 Å². The van der Waals surface area contributed by atoms with Gasteiger partial charge in [-0.2, -0.15) is 0 Å². The summed E-state index contributed by atoms with van der Waals surface area (Å²) in [6, 6.07) is 16.9. The molecule has 0 spiro atoms. The van der Waals surface area contributed by atoms with Crippen molar-refractivity contribution in [2.75, 3.05) is 23.7 Å². The van der Waals surface area contributed by atoms with Crippen molar-refractivity contribution in [1.82, 2.24) is 9.88 Å². The third-order valence-electron chi connectivity index (χ3n) is 5.23. The fourth-order valence-electron chi connectivity index (χ4n) is 3.52. The van der Waals surface area contributed by atoms with Crippen LogP contribution in [0, 0.1) is 5.41 Å². The Labute approximate surface area is 198 Å². The Bertz CT molecular complexity index is 1140. The molecular formula is C25H26ClN5O2. The minimum absolute atomic E-state index is 0. The van der Waals surface area contributed by atoms with Crippen LogP contribution in [-0.4, -0.2) is 40.6 Å². The number of nitrogens with zero attached hydrogens (tertiary/aromatic N) is 2. The number of halogens is 1. The topological polar surface area (TPSA) is 98.2 Å². The van der Waals surface area contributed by atoms with E-state index in [2.05, 4.69) is 15.6 Å². The molecular weight excluding hydrogens is 438 g/mol. The van der Waals surface area contributed by atoms with Gasteiger partial charge in [0.05, 0.1) is 16.3 Å². The highest BCUT2D eigenvalue weighted by Crippen LogP contribution is 2.19. The van der Waals surface area contributed by atoms with E-state index in [0.717, 1.165) is 31.5 Å². The van der Waals surface area contributed by atoms with Gasteiger partial charge < -0.3 is 15.5 Å². The summed E-state index contributed by atoms with van der Waals surface area (Å²) in [6.07, 6.45) is 3.64. The summed E-state index contributed by atoms with van der Waals surface area (Å²) in [5, 5.41) is 14.3. The quantitative estimate of drug-likeness (QED) is 0.353. The molecule has 0 unspecified atom stereocenters. The van der Waals surface area contributed by atoms with Gasteiger partial charge in [-0.1, -0.05) is 43.3 Å². The predicted octanol–water partition coefficient (Wildman–Crippen LogP) is 5.30.